The van der Waals surface area contributed by atoms with Crippen molar-refractivity contribution in [2.75, 3.05) is 0 Å². The summed E-state index contributed by atoms with van der Waals surface area (Å²) in [6.45, 7) is 4.65. The molecule has 30 heavy (non-hydrogen) atoms. The third-order valence-corrected chi connectivity index (χ3v) is 6.63. The molecule has 0 N–H and O–H groups in total. The van der Waals surface area contributed by atoms with Crippen LogP contribution in [-0.4, -0.2) is 28.9 Å². The highest BCUT2D eigenvalue weighted by molar-refractivity contribution is 5.84. The summed E-state index contributed by atoms with van der Waals surface area (Å²) < 4.78 is 5.57. The fourth-order valence-electron chi connectivity index (χ4n) is 4.90. The van der Waals surface area contributed by atoms with E-state index in [-0.39, 0.29) is 24.1 Å². The molecule has 1 amide bonds. The van der Waals surface area contributed by atoms with E-state index in [1.54, 1.807) is 0 Å². The van der Waals surface area contributed by atoms with Gasteiger partial charge < -0.3 is 9.64 Å². The van der Waals surface area contributed by atoms with Crippen LogP contribution >= 0.6 is 0 Å². The van der Waals surface area contributed by atoms with Gasteiger partial charge in [-0.3, -0.25) is 4.79 Å². The Balaban J connectivity index is 1.32. The van der Waals surface area contributed by atoms with Gasteiger partial charge in [-0.05, 0) is 48.3 Å². The van der Waals surface area contributed by atoms with Gasteiger partial charge in [-0.15, -0.1) is 0 Å². The van der Waals surface area contributed by atoms with Crippen LogP contribution in [0.2, 0.25) is 0 Å². The smallest absolute Gasteiger partial charge is 0.410 e. The van der Waals surface area contributed by atoms with Crippen molar-refractivity contribution < 1.29 is 14.3 Å². The van der Waals surface area contributed by atoms with E-state index in [0.29, 0.717) is 24.7 Å². The number of rotatable bonds is 6. The Morgan fingerprint density at radius 3 is 2.17 bits per heavy atom. The molecule has 2 aromatic carbocycles. The van der Waals surface area contributed by atoms with Crippen molar-refractivity contribution in [2.45, 2.75) is 70.6 Å². The van der Waals surface area contributed by atoms with Crippen LogP contribution in [0.25, 0.3) is 0 Å². The monoisotopic (exact) mass is 405 g/mol. The van der Waals surface area contributed by atoms with Crippen molar-refractivity contribution in [1.82, 2.24) is 4.90 Å². The third-order valence-electron chi connectivity index (χ3n) is 6.63. The Morgan fingerprint density at radius 1 is 0.933 bits per heavy atom. The molecule has 4 nitrogen and oxygen atoms in total. The zero-order valence-corrected chi connectivity index (χ0v) is 17.9. The van der Waals surface area contributed by atoms with E-state index in [0.717, 1.165) is 36.8 Å². The predicted molar refractivity (Wildman–Crippen MR) is 117 cm³/mol. The van der Waals surface area contributed by atoms with Gasteiger partial charge in [0, 0.05) is 24.4 Å². The summed E-state index contributed by atoms with van der Waals surface area (Å²) in [4.78, 5) is 27.6. The summed E-state index contributed by atoms with van der Waals surface area (Å²) in [7, 11) is 0. The minimum atomic E-state index is -0.235. The van der Waals surface area contributed by atoms with Crippen LogP contribution in [0.15, 0.2) is 54.6 Å². The van der Waals surface area contributed by atoms with Gasteiger partial charge >= 0.3 is 6.09 Å². The average molecular weight is 406 g/mol. The van der Waals surface area contributed by atoms with Gasteiger partial charge in [0.15, 0.2) is 0 Å². The number of hydrogen-bond acceptors (Lipinski definition) is 3. The Morgan fingerprint density at radius 2 is 1.57 bits per heavy atom. The normalized spacial score (nSPS) is 22.9. The van der Waals surface area contributed by atoms with Crippen molar-refractivity contribution in [3.8, 4) is 0 Å². The first kappa shape index (κ1) is 20.6. The minimum Gasteiger partial charge on any atom is -0.445 e. The Labute approximate surface area is 179 Å². The molecule has 2 aromatic rings. The Kier molecular flexibility index (Phi) is 6.21. The maximum Gasteiger partial charge on any atom is 0.410 e. The molecule has 2 heterocycles. The molecular weight excluding hydrogens is 374 g/mol. The van der Waals surface area contributed by atoms with E-state index in [1.165, 1.54) is 5.56 Å². The van der Waals surface area contributed by atoms with Crippen LogP contribution in [0.4, 0.5) is 4.79 Å². The molecule has 158 valence electrons. The van der Waals surface area contributed by atoms with Gasteiger partial charge in [-0.25, -0.2) is 4.79 Å². The fraction of sp³-hybridized carbons (Fsp3) is 0.462. The molecule has 2 unspecified atom stereocenters. The van der Waals surface area contributed by atoms with Crippen molar-refractivity contribution >= 4 is 11.9 Å². The third kappa shape index (κ3) is 4.58. The number of fused-ring (bicyclic) bond motifs is 2. The highest BCUT2D eigenvalue weighted by atomic mass is 16.6. The maximum absolute atomic E-state index is 13.0. The van der Waals surface area contributed by atoms with Gasteiger partial charge in [-0.1, -0.05) is 68.4 Å². The van der Waals surface area contributed by atoms with Gasteiger partial charge in [0.25, 0.3) is 0 Å². The van der Waals surface area contributed by atoms with Gasteiger partial charge in [0.05, 0.1) is 0 Å². The van der Waals surface area contributed by atoms with E-state index in [9.17, 15) is 9.59 Å². The standard InChI is InChI=1S/C26H31NO3/c1-18(2)21-10-8-19(9-11-21)14-25(28)22-15-23-12-13-24(16-22)27(23)26(29)30-17-20-6-4-3-5-7-20/h3-11,18,22-24H,12-17H2,1-2H3. The number of amides is 1. The highest BCUT2D eigenvalue weighted by Gasteiger charge is 2.45. The van der Waals surface area contributed by atoms with E-state index in [4.69, 9.17) is 4.74 Å². The number of piperidine rings is 1. The molecule has 4 rings (SSSR count). The van der Waals surface area contributed by atoms with E-state index < -0.39 is 0 Å². The molecule has 0 aliphatic carbocycles. The summed E-state index contributed by atoms with van der Waals surface area (Å²) in [6.07, 6.45) is 3.72. The number of benzene rings is 2. The van der Waals surface area contributed by atoms with Crippen molar-refractivity contribution in [1.29, 1.82) is 0 Å². The molecule has 2 aliphatic heterocycles. The lowest BCUT2D eigenvalue weighted by Gasteiger charge is -2.37. The number of nitrogens with zero attached hydrogens (tertiary/aromatic N) is 1. The van der Waals surface area contributed by atoms with Gasteiger partial charge in [0.2, 0.25) is 0 Å². The van der Waals surface area contributed by atoms with E-state index in [1.807, 2.05) is 35.2 Å². The zero-order chi connectivity index (χ0) is 21.1. The maximum atomic E-state index is 13.0. The summed E-state index contributed by atoms with van der Waals surface area (Å²) in [6, 6.07) is 18.4. The van der Waals surface area contributed by atoms with Crippen molar-refractivity contribution in [3.63, 3.8) is 0 Å². The topological polar surface area (TPSA) is 46.6 Å². The van der Waals surface area contributed by atoms with Gasteiger partial charge in [-0.2, -0.15) is 0 Å². The number of Topliss-reactive ketones (excluding diaryl/α,β-unsaturated/α-hetero) is 1. The largest absolute Gasteiger partial charge is 0.445 e. The Hall–Kier alpha value is -2.62. The fourth-order valence-corrected chi connectivity index (χ4v) is 4.90. The molecule has 2 fully saturated rings. The second-order valence-corrected chi connectivity index (χ2v) is 9.04. The molecule has 0 spiro atoms. The molecular formula is C26H31NO3. The van der Waals surface area contributed by atoms with Crippen LogP contribution in [0.1, 0.15) is 62.1 Å². The molecule has 0 aromatic heterocycles. The molecule has 0 radical (unpaired) electrons. The molecule has 2 aliphatic rings. The molecule has 0 saturated carbocycles. The number of carbonyl (C=O) groups is 2. The first-order valence-corrected chi connectivity index (χ1v) is 11.1. The average Bonchev–Trinajstić information content (AvgIpc) is 3.02. The SMILES string of the molecule is CC(C)c1ccc(CC(=O)C2CC3CCC(C2)N3C(=O)OCc2ccccc2)cc1. The summed E-state index contributed by atoms with van der Waals surface area (Å²) in [5.74, 6) is 0.850. The van der Waals surface area contributed by atoms with Crippen LogP contribution in [0.5, 0.6) is 0 Å². The molecule has 2 atom stereocenters. The highest BCUT2D eigenvalue weighted by Crippen LogP contribution is 2.40. The lowest BCUT2D eigenvalue weighted by atomic mass is 9.85. The number of carbonyl (C=O) groups excluding carboxylic acids is 2. The predicted octanol–water partition coefficient (Wildman–Crippen LogP) is 5.50. The molecule has 4 heteroatoms. The summed E-state index contributed by atoms with van der Waals surface area (Å²) >= 11 is 0. The van der Waals surface area contributed by atoms with E-state index in [2.05, 4.69) is 38.1 Å². The second kappa shape index (κ2) is 9.03. The van der Waals surface area contributed by atoms with Crippen LogP contribution in [0.3, 0.4) is 0 Å². The number of hydrogen-bond donors (Lipinski definition) is 0. The summed E-state index contributed by atoms with van der Waals surface area (Å²) in [5, 5.41) is 0. The first-order chi connectivity index (χ1) is 14.5. The number of ether oxygens (including phenoxy) is 1. The van der Waals surface area contributed by atoms with Crippen LogP contribution in [-0.2, 0) is 22.6 Å². The molecule has 2 bridgehead atoms. The quantitative estimate of drug-likeness (QED) is 0.637. The Bertz CT molecular complexity index is 861. The van der Waals surface area contributed by atoms with Gasteiger partial charge in [0.1, 0.15) is 12.4 Å². The minimum absolute atomic E-state index is 0.0467. The zero-order valence-electron chi connectivity index (χ0n) is 17.9. The first-order valence-electron chi connectivity index (χ1n) is 11.1. The van der Waals surface area contributed by atoms with Crippen LogP contribution in [0, 0.1) is 5.92 Å². The number of ketones is 1. The van der Waals surface area contributed by atoms with Crippen LogP contribution < -0.4 is 0 Å². The molecule has 2 saturated heterocycles. The van der Waals surface area contributed by atoms with Crippen molar-refractivity contribution in [3.05, 3.63) is 71.3 Å². The lowest BCUT2D eigenvalue weighted by Crippen LogP contribution is -2.48. The van der Waals surface area contributed by atoms with E-state index >= 15 is 0 Å². The second-order valence-electron chi connectivity index (χ2n) is 9.04. The lowest BCUT2D eigenvalue weighted by molar-refractivity contribution is -0.124. The summed E-state index contributed by atoms with van der Waals surface area (Å²) in [5.41, 5.74) is 3.37. The van der Waals surface area contributed by atoms with Crippen molar-refractivity contribution in [2.24, 2.45) is 5.92 Å².